The summed E-state index contributed by atoms with van der Waals surface area (Å²) in [7, 11) is 0. The lowest BCUT2D eigenvalue weighted by Gasteiger charge is -2.29. The topological polar surface area (TPSA) is 78.5 Å². The van der Waals surface area contributed by atoms with Crippen LogP contribution in [0, 0.1) is 17.7 Å². The number of likely N-dealkylation sites (tertiary alicyclic amines) is 1. The predicted octanol–water partition coefficient (Wildman–Crippen LogP) is 1.37. The molecule has 0 bridgehead atoms. The van der Waals surface area contributed by atoms with Crippen LogP contribution < -0.4 is 10.6 Å². The lowest BCUT2D eigenvalue weighted by molar-refractivity contribution is -0.142. The molecule has 25 heavy (non-hydrogen) atoms. The second kappa shape index (κ2) is 5.36. The number of nitrogens with one attached hydrogen (secondary N) is 2. The third-order valence-corrected chi connectivity index (χ3v) is 5.65. The van der Waals surface area contributed by atoms with Crippen molar-refractivity contribution < 1.29 is 18.8 Å². The molecule has 7 heteroatoms. The first-order chi connectivity index (χ1) is 11.9. The highest BCUT2D eigenvalue weighted by molar-refractivity contribution is 6.15. The maximum atomic E-state index is 13.9. The van der Waals surface area contributed by atoms with Gasteiger partial charge in [-0.1, -0.05) is 13.3 Å². The minimum absolute atomic E-state index is 0.238. The Labute approximate surface area is 144 Å². The Bertz CT molecular complexity index is 796. The van der Waals surface area contributed by atoms with Gasteiger partial charge >= 0.3 is 0 Å². The average Bonchev–Trinajstić information content (AvgIpc) is 3.12. The lowest BCUT2D eigenvalue weighted by Crippen LogP contribution is -2.53. The van der Waals surface area contributed by atoms with Gasteiger partial charge in [0.2, 0.25) is 17.7 Å². The maximum Gasteiger partial charge on any atom is 0.250 e. The Morgan fingerprint density at radius 1 is 1.24 bits per heavy atom. The normalized spacial score (nSPS) is 33.2. The molecule has 0 saturated carbocycles. The molecule has 1 aromatic rings. The zero-order valence-corrected chi connectivity index (χ0v) is 14.1. The number of rotatable bonds is 3. The Hall–Kier alpha value is -2.28. The summed E-state index contributed by atoms with van der Waals surface area (Å²) in [6.45, 7) is 4.15. The molecule has 6 nitrogen and oxygen atoms in total. The number of carbonyl (C=O) groups excluding carboxylic acids is 3. The van der Waals surface area contributed by atoms with Crippen LogP contribution in [0.1, 0.15) is 32.3 Å². The lowest BCUT2D eigenvalue weighted by atomic mass is 9.76. The zero-order chi connectivity index (χ0) is 17.9. The summed E-state index contributed by atoms with van der Waals surface area (Å²) in [5, 5.41) is 5.89. The van der Waals surface area contributed by atoms with E-state index in [1.807, 2.05) is 6.92 Å². The quantitative estimate of drug-likeness (QED) is 0.811. The van der Waals surface area contributed by atoms with Gasteiger partial charge in [0.15, 0.2) is 0 Å². The number of hydrogen-bond donors (Lipinski definition) is 2. The minimum Gasteiger partial charge on any atom is -0.324 e. The van der Waals surface area contributed by atoms with Gasteiger partial charge in [0.05, 0.1) is 11.8 Å². The number of imide groups is 1. The molecule has 3 aliphatic heterocycles. The number of halogens is 1. The smallest absolute Gasteiger partial charge is 0.250 e. The third-order valence-electron chi connectivity index (χ3n) is 5.65. The molecule has 4 rings (SSSR count). The Balaban J connectivity index is 1.83. The van der Waals surface area contributed by atoms with Gasteiger partial charge in [-0.15, -0.1) is 0 Å². The van der Waals surface area contributed by atoms with Crippen molar-refractivity contribution in [1.82, 2.24) is 10.2 Å². The van der Waals surface area contributed by atoms with Crippen LogP contribution in [0.3, 0.4) is 0 Å². The van der Waals surface area contributed by atoms with Crippen molar-refractivity contribution in [2.45, 2.75) is 38.3 Å². The summed E-state index contributed by atoms with van der Waals surface area (Å²) in [5.41, 5.74) is -0.482. The number of anilines is 1. The maximum absolute atomic E-state index is 13.9. The van der Waals surface area contributed by atoms with Gasteiger partial charge in [0.1, 0.15) is 11.4 Å². The van der Waals surface area contributed by atoms with Crippen molar-refractivity contribution >= 4 is 23.4 Å². The van der Waals surface area contributed by atoms with Crippen LogP contribution in [-0.4, -0.2) is 35.2 Å². The van der Waals surface area contributed by atoms with Gasteiger partial charge in [0.25, 0.3) is 0 Å². The molecule has 0 unspecified atom stereocenters. The molecule has 3 heterocycles. The Kier molecular flexibility index (Phi) is 3.47. The highest BCUT2D eigenvalue weighted by Crippen LogP contribution is 2.52. The number of unbranched alkanes of at least 4 members (excludes halogenated alkanes) is 1. The molecule has 2 saturated heterocycles. The summed E-state index contributed by atoms with van der Waals surface area (Å²) in [4.78, 5) is 40.0. The summed E-state index contributed by atoms with van der Waals surface area (Å²) in [6, 6.07) is 3.69. The van der Waals surface area contributed by atoms with Crippen LogP contribution in [0.4, 0.5) is 10.1 Å². The number of benzene rings is 1. The molecule has 3 amide bonds. The molecule has 0 aliphatic carbocycles. The first-order valence-corrected chi connectivity index (χ1v) is 8.66. The Morgan fingerprint density at radius 2 is 2.00 bits per heavy atom. The van der Waals surface area contributed by atoms with E-state index in [9.17, 15) is 18.8 Å². The summed E-state index contributed by atoms with van der Waals surface area (Å²) in [6.07, 6.45) is 1.59. The van der Waals surface area contributed by atoms with Crippen LogP contribution in [0.5, 0.6) is 0 Å². The summed E-state index contributed by atoms with van der Waals surface area (Å²) < 4.78 is 13.9. The first kappa shape index (κ1) is 16.2. The van der Waals surface area contributed by atoms with Crippen LogP contribution in [0.2, 0.25) is 0 Å². The summed E-state index contributed by atoms with van der Waals surface area (Å²) in [5.74, 6) is -2.90. The second-order valence-corrected chi connectivity index (χ2v) is 7.07. The standard InChI is InChI=1S/C18H20FN3O3/c1-3-4-7-22-15(23)13-9(2)21-18(14(13)16(22)24)11-8-10(19)5-6-12(11)20-17(18)25/h5-6,8-9,13-14,21H,3-4,7H2,1-2H3,(H,20,25)/t9-,13-,14+,18+/m1/s1. The van der Waals surface area contributed by atoms with Crippen molar-refractivity contribution in [2.24, 2.45) is 11.8 Å². The predicted molar refractivity (Wildman–Crippen MR) is 87.9 cm³/mol. The molecular weight excluding hydrogens is 325 g/mol. The van der Waals surface area contributed by atoms with E-state index < -0.39 is 29.1 Å². The van der Waals surface area contributed by atoms with Gasteiger partial charge in [-0.05, 0) is 31.5 Å². The number of nitrogens with zero attached hydrogens (tertiary/aromatic N) is 1. The Morgan fingerprint density at radius 3 is 2.72 bits per heavy atom. The molecule has 132 valence electrons. The fourth-order valence-corrected chi connectivity index (χ4v) is 4.53. The molecule has 4 atom stereocenters. The number of amides is 3. The van der Waals surface area contributed by atoms with Gasteiger partial charge in [-0.3, -0.25) is 24.6 Å². The number of carbonyl (C=O) groups is 3. The van der Waals surface area contributed by atoms with Crippen molar-refractivity contribution in [2.75, 3.05) is 11.9 Å². The highest BCUT2D eigenvalue weighted by Gasteiger charge is 2.69. The van der Waals surface area contributed by atoms with Crippen molar-refractivity contribution in [1.29, 1.82) is 0 Å². The molecule has 2 fully saturated rings. The first-order valence-electron chi connectivity index (χ1n) is 8.66. The monoisotopic (exact) mass is 345 g/mol. The second-order valence-electron chi connectivity index (χ2n) is 7.07. The van der Waals surface area contributed by atoms with Gasteiger partial charge in [0, 0.05) is 23.8 Å². The summed E-state index contributed by atoms with van der Waals surface area (Å²) >= 11 is 0. The highest BCUT2D eigenvalue weighted by atomic mass is 19.1. The number of fused-ring (bicyclic) bond motifs is 4. The molecule has 2 N–H and O–H groups in total. The van der Waals surface area contributed by atoms with E-state index in [-0.39, 0.29) is 17.9 Å². The third kappa shape index (κ3) is 1.96. The van der Waals surface area contributed by atoms with Gasteiger partial charge in [-0.25, -0.2) is 4.39 Å². The van der Waals surface area contributed by atoms with E-state index in [1.165, 1.54) is 23.1 Å². The van der Waals surface area contributed by atoms with E-state index in [0.29, 0.717) is 17.8 Å². The molecule has 1 aromatic carbocycles. The fraction of sp³-hybridized carbons (Fsp3) is 0.500. The van der Waals surface area contributed by atoms with Crippen molar-refractivity contribution in [3.63, 3.8) is 0 Å². The average molecular weight is 345 g/mol. The van der Waals surface area contributed by atoms with Crippen LogP contribution in [0.15, 0.2) is 18.2 Å². The number of hydrogen-bond acceptors (Lipinski definition) is 4. The SMILES string of the molecule is CCCCN1C(=O)[C@H]2[C@@H](C1=O)[C@]1(N[C@@H]2C)C(=O)Nc2ccc(F)cc21. The van der Waals surface area contributed by atoms with Gasteiger partial charge in [-0.2, -0.15) is 0 Å². The van der Waals surface area contributed by atoms with Crippen LogP contribution >= 0.6 is 0 Å². The fourth-order valence-electron chi connectivity index (χ4n) is 4.53. The molecule has 0 aromatic heterocycles. The molecular formula is C18H20FN3O3. The molecule has 0 radical (unpaired) electrons. The zero-order valence-electron chi connectivity index (χ0n) is 14.1. The van der Waals surface area contributed by atoms with Crippen LogP contribution in [-0.2, 0) is 19.9 Å². The van der Waals surface area contributed by atoms with Crippen molar-refractivity contribution in [3.05, 3.63) is 29.6 Å². The largest absolute Gasteiger partial charge is 0.324 e. The van der Waals surface area contributed by atoms with E-state index in [1.54, 1.807) is 6.92 Å². The van der Waals surface area contributed by atoms with Crippen LogP contribution in [0.25, 0.3) is 0 Å². The van der Waals surface area contributed by atoms with E-state index in [2.05, 4.69) is 10.6 Å². The minimum atomic E-state index is -1.38. The van der Waals surface area contributed by atoms with Crippen molar-refractivity contribution in [3.8, 4) is 0 Å². The molecule has 3 aliphatic rings. The van der Waals surface area contributed by atoms with E-state index in [4.69, 9.17) is 0 Å². The van der Waals surface area contributed by atoms with E-state index >= 15 is 0 Å². The molecule has 1 spiro atoms. The van der Waals surface area contributed by atoms with E-state index in [0.717, 1.165) is 12.8 Å². The van der Waals surface area contributed by atoms with Gasteiger partial charge < -0.3 is 5.32 Å².